The Morgan fingerprint density at radius 3 is 2.65 bits per heavy atom. The van der Waals surface area contributed by atoms with Gasteiger partial charge in [-0.1, -0.05) is 36.4 Å². The first-order chi connectivity index (χ1) is 12.4. The van der Waals surface area contributed by atoms with Crippen molar-refractivity contribution >= 4 is 17.6 Å². The van der Waals surface area contributed by atoms with Crippen molar-refractivity contribution < 1.29 is 14.7 Å². The van der Waals surface area contributed by atoms with Crippen molar-refractivity contribution in [1.82, 2.24) is 10.2 Å². The van der Waals surface area contributed by atoms with Crippen LogP contribution >= 0.6 is 0 Å². The second kappa shape index (κ2) is 7.47. The summed E-state index contributed by atoms with van der Waals surface area (Å²) in [5.41, 5.74) is 2.31. The normalized spacial score (nSPS) is 17.8. The van der Waals surface area contributed by atoms with Crippen LogP contribution in [0.1, 0.15) is 30.5 Å². The molecule has 2 aromatic rings. The molecule has 1 aliphatic heterocycles. The fourth-order valence-corrected chi connectivity index (χ4v) is 3.21. The van der Waals surface area contributed by atoms with Crippen LogP contribution in [0.5, 0.6) is 5.75 Å². The number of nitrogens with zero attached hydrogens (tertiary/aromatic N) is 1. The summed E-state index contributed by atoms with van der Waals surface area (Å²) < 4.78 is 0. The molecule has 26 heavy (non-hydrogen) atoms. The summed E-state index contributed by atoms with van der Waals surface area (Å²) in [6.45, 7) is 4.30. The number of rotatable bonds is 4. The zero-order chi connectivity index (χ0) is 18.7. The number of carbonyl (C=O) groups is 2. The minimum Gasteiger partial charge on any atom is -0.506 e. The van der Waals surface area contributed by atoms with Gasteiger partial charge in [-0.2, -0.15) is 0 Å². The van der Waals surface area contributed by atoms with E-state index in [-0.39, 0.29) is 30.2 Å². The highest BCUT2D eigenvalue weighted by Gasteiger charge is 2.34. The number of carbonyl (C=O) groups excluding carboxylic acids is 2. The number of phenolic OH excluding ortho intramolecular Hbond substituents is 1. The zero-order valence-electron chi connectivity index (χ0n) is 14.9. The lowest BCUT2D eigenvalue weighted by atomic mass is 10.1. The molecular weight excluding hydrogens is 330 g/mol. The molecule has 0 spiro atoms. The maximum atomic E-state index is 12.3. The SMILES string of the molecule is Cc1ccc(NC(=O)NC2CC(=O)N(C(C)c3ccccc3)C2)c(O)c1. The molecule has 1 fully saturated rings. The third kappa shape index (κ3) is 3.96. The van der Waals surface area contributed by atoms with Gasteiger partial charge in [-0.3, -0.25) is 4.79 Å². The van der Waals surface area contributed by atoms with Gasteiger partial charge in [-0.05, 0) is 37.1 Å². The molecule has 2 atom stereocenters. The Morgan fingerprint density at radius 1 is 1.23 bits per heavy atom. The van der Waals surface area contributed by atoms with Gasteiger partial charge >= 0.3 is 6.03 Å². The molecule has 0 bridgehead atoms. The van der Waals surface area contributed by atoms with Gasteiger partial charge in [0.15, 0.2) is 0 Å². The van der Waals surface area contributed by atoms with E-state index in [4.69, 9.17) is 0 Å². The van der Waals surface area contributed by atoms with Gasteiger partial charge in [0.2, 0.25) is 5.91 Å². The van der Waals surface area contributed by atoms with Crippen molar-refractivity contribution in [3.05, 3.63) is 59.7 Å². The number of benzene rings is 2. The summed E-state index contributed by atoms with van der Waals surface area (Å²) in [5, 5.41) is 15.3. The van der Waals surface area contributed by atoms with E-state index >= 15 is 0 Å². The highest BCUT2D eigenvalue weighted by Crippen LogP contribution is 2.26. The molecule has 0 saturated carbocycles. The smallest absolute Gasteiger partial charge is 0.319 e. The van der Waals surface area contributed by atoms with E-state index in [1.165, 1.54) is 0 Å². The maximum absolute atomic E-state index is 12.3. The van der Waals surface area contributed by atoms with Gasteiger partial charge in [-0.25, -0.2) is 4.79 Å². The van der Waals surface area contributed by atoms with E-state index in [1.54, 1.807) is 23.1 Å². The summed E-state index contributed by atoms with van der Waals surface area (Å²) in [7, 11) is 0. The van der Waals surface area contributed by atoms with Crippen LogP contribution in [0, 0.1) is 6.92 Å². The maximum Gasteiger partial charge on any atom is 0.319 e. The average Bonchev–Trinajstić information content (AvgIpc) is 2.97. The minimum atomic E-state index is -0.434. The number of likely N-dealkylation sites (tertiary alicyclic amines) is 1. The number of anilines is 1. The van der Waals surface area contributed by atoms with Crippen LogP contribution in [-0.4, -0.2) is 34.5 Å². The van der Waals surface area contributed by atoms with Crippen molar-refractivity contribution in [2.45, 2.75) is 32.4 Å². The molecule has 1 saturated heterocycles. The van der Waals surface area contributed by atoms with Crippen molar-refractivity contribution in [3.63, 3.8) is 0 Å². The third-order valence-corrected chi connectivity index (χ3v) is 4.64. The van der Waals surface area contributed by atoms with Gasteiger partial charge in [0.25, 0.3) is 0 Å². The first-order valence-electron chi connectivity index (χ1n) is 8.65. The molecule has 3 rings (SSSR count). The lowest BCUT2D eigenvalue weighted by Crippen LogP contribution is -2.40. The molecule has 6 nitrogen and oxygen atoms in total. The quantitative estimate of drug-likeness (QED) is 0.739. The number of nitrogens with one attached hydrogen (secondary N) is 2. The molecule has 136 valence electrons. The Balaban J connectivity index is 1.59. The minimum absolute atomic E-state index is 0.0157. The Bertz CT molecular complexity index is 807. The summed E-state index contributed by atoms with van der Waals surface area (Å²) in [6.07, 6.45) is 0.268. The number of aromatic hydroxyl groups is 1. The first-order valence-corrected chi connectivity index (χ1v) is 8.65. The fourth-order valence-electron chi connectivity index (χ4n) is 3.21. The van der Waals surface area contributed by atoms with Crippen molar-refractivity contribution in [3.8, 4) is 5.75 Å². The van der Waals surface area contributed by atoms with E-state index in [0.29, 0.717) is 12.2 Å². The second-order valence-electron chi connectivity index (χ2n) is 6.65. The van der Waals surface area contributed by atoms with Crippen molar-refractivity contribution in [1.29, 1.82) is 0 Å². The molecule has 6 heteroatoms. The number of phenols is 1. The third-order valence-electron chi connectivity index (χ3n) is 4.64. The second-order valence-corrected chi connectivity index (χ2v) is 6.65. The lowest BCUT2D eigenvalue weighted by molar-refractivity contribution is -0.129. The monoisotopic (exact) mass is 353 g/mol. The van der Waals surface area contributed by atoms with E-state index < -0.39 is 6.03 Å². The lowest BCUT2D eigenvalue weighted by Gasteiger charge is -2.25. The number of hydrogen-bond acceptors (Lipinski definition) is 3. The predicted molar refractivity (Wildman–Crippen MR) is 100.0 cm³/mol. The Kier molecular flexibility index (Phi) is 5.11. The molecule has 3 amide bonds. The van der Waals surface area contributed by atoms with Crippen LogP contribution in [0.3, 0.4) is 0 Å². The first kappa shape index (κ1) is 17.8. The molecule has 2 unspecified atom stereocenters. The number of aryl methyl sites for hydroxylation is 1. The fraction of sp³-hybridized carbons (Fsp3) is 0.300. The van der Waals surface area contributed by atoms with E-state index in [9.17, 15) is 14.7 Å². The average molecular weight is 353 g/mol. The van der Waals surface area contributed by atoms with Crippen LogP contribution in [0.25, 0.3) is 0 Å². The van der Waals surface area contributed by atoms with E-state index in [0.717, 1.165) is 11.1 Å². The van der Waals surface area contributed by atoms with Crippen LogP contribution in [0.2, 0.25) is 0 Å². The topological polar surface area (TPSA) is 81.7 Å². The molecule has 2 aromatic carbocycles. The molecule has 0 aliphatic carbocycles. The van der Waals surface area contributed by atoms with Crippen LogP contribution in [0.15, 0.2) is 48.5 Å². The zero-order valence-corrected chi connectivity index (χ0v) is 14.9. The van der Waals surface area contributed by atoms with Crippen LogP contribution < -0.4 is 10.6 Å². The number of amides is 3. The summed E-state index contributed by atoms with van der Waals surface area (Å²) in [4.78, 5) is 26.3. The molecule has 1 aliphatic rings. The van der Waals surface area contributed by atoms with Gasteiger partial charge in [0, 0.05) is 13.0 Å². The molecule has 3 N–H and O–H groups in total. The summed E-state index contributed by atoms with van der Waals surface area (Å²) >= 11 is 0. The van der Waals surface area contributed by atoms with Crippen LogP contribution in [0.4, 0.5) is 10.5 Å². The summed E-state index contributed by atoms with van der Waals surface area (Å²) in [6, 6.07) is 14.1. The van der Waals surface area contributed by atoms with Gasteiger partial charge in [0.05, 0.1) is 17.8 Å². The Hall–Kier alpha value is -3.02. The number of urea groups is 1. The Morgan fingerprint density at radius 2 is 1.96 bits per heavy atom. The largest absolute Gasteiger partial charge is 0.506 e. The van der Waals surface area contributed by atoms with Gasteiger partial charge in [0.1, 0.15) is 5.75 Å². The van der Waals surface area contributed by atoms with Crippen molar-refractivity contribution in [2.75, 3.05) is 11.9 Å². The predicted octanol–water partition coefficient (Wildman–Crippen LogP) is 3.18. The van der Waals surface area contributed by atoms with Crippen LogP contribution in [-0.2, 0) is 4.79 Å². The standard InChI is InChI=1S/C20H23N3O3/c1-13-8-9-17(18(24)10-13)22-20(26)21-16-11-19(25)23(12-16)14(2)15-6-4-3-5-7-15/h3-10,14,16,24H,11-12H2,1-2H3,(H2,21,22,26). The molecule has 0 aromatic heterocycles. The molecular formula is C20H23N3O3. The van der Waals surface area contributed by atoms with Crippen molar-refractivity contribution in [2.24, 2.45) is 0 Å². The van der Waals surface area contributed by atoms with Gasteiger partial charge in [-0.15, -0.1) is 0 Å². The van der Waals surface area contributed by atoms with E-state index in [1.807, 2.05) is 44.2 Å². The number of hydrogen-bond donors (Lipinski definition) is 3. The van der Waals surface area contributed by atoms with E-state index in [2.05, 4.69) is 10.6 Å². The highest BCUT2D eigenvalue weighted by atomic mass is 16.3. The molecule has 1 heterocycles. The van der Waals surface area contributed by atoms with Gasteiger partial charge < -0.3 is 20.6 Å². The Labute approximate surface area is 152 Å². The summed E-state index contributed by atoms with van der Waals surface area (Å²) in [5.74, 6) is 0.0341. The molecule has 0 radical (unpaired) electrons. The highest BCUT2D eigenvalue weighted by molar-refractivity contribution is 5.92.